The summed E-state index contributed by atoms with van der Waals surface area (Å²) in [7, 11) is 0. The Morgan fingerprint density at radius 2 is 2.25 bits per heavy atom. The Morgan fingerprint density at radius 3 is 3.12 bits per heavy atom. The van der Waals surface area contributed by atoms with Crippen molar-refractivity contribution in [3.8, 4) is 5.75 Å². The molecular formula is C13H11NOS. The molecule has 0 radical (unpaired) electrons. The first-order chi connectivity index (χ1) is 7.88. The number of hydrogen-bond acceptors (Lipinski definition) is 3. The first kappa shape index (κ1) is 9.73. The van der Waals surface area contributed by atoms with E-state index < -0.39 is 0 Å². The van der Waals surface area contributed by atoms with E-state index in [0.29, 0.717) is 6.61 Å². The molecule has 0 bridgehead atoms. The minimum atomic E-state index is 0.569. The zero-order valence-electron chi connectivity index (χ0n) is 8.93. The summed E-state index contributed by atoms with van der Waals surface area (Å²) in [5.74, 6) is 0.886. The maximum absolute atomic E-state index is 5.57. The second-order valence-electron chi connectivity index (χ2n) is 3.62. The lowest BCUT2D eigenvalue weighted by Gasteiger charge is -2.13. The molecule has 0 unspecified atom stereocenters. The average Bonchev–Trinajstić information content (AvgIpc) is 2.35. The molecule has 2 aromatic rings. The molecule has 80 valence electrons. The normalized spacial score (nSPS) is 13.6. The maximum atomic E-state index is 5.57. The molecule has 0 atom stereocenters. The Morgan fingerprint density at radius 1 is 1.31 bits per heavy atom. The van der Waals surface area contributed by atoms with Gasteiger partial charge in [0.05, 0.1) is 0 Å². The Labute approximate surface area is 98.3 Å². The van der Waals surface area contributed by atoms with Crippen LogP contribution in [-0.2, 0) is 0 Å². The highest BCUT2D eigenvalue weighted by Gasteiger charge is 2.10. The molecule has 0 amide bonds. The van der Waals surface area contributed by atoms with Crippen molar-refractivity contribution in [2.75, 3.05) is 12.9 Å². The van der Waals surface area contributed by atoms with Crippen LogP contribution in [0.3, 0.4) is 0 Å². The van der Waals surface area contributed by atoms with E-state index in [2.05, 4.69) is 41.6 Å². The molecule has 2 nitrogen and oxygen atoms in total. The van der Waals surface area contributed by atoms with Gasteiger partial charge in [-0.25, -0.2) is 0 Å². The number of benzene rings is 2. The van der Waals surface area contributed by atoms with Gasteiger partial charge in [-0.3, -0.25) is 4.99 Å². The standard InChI is InChI=1S/C13H11NOS/c1-16-13-4-2-3-9-7-11-12(8-10(9)13)15-6-5-14-11/h2-5,7-8H,6H2,1H3. The third-order valence-corrected chi connectivity index (χ3v) is 3.48. The van der Waals surface area contributed by atoms with Crippen LogP contribution in [0.2, 0.25) is 0 Å². The summed E-state index contributed by atoms with van der Waals surface area (Å²) in [6, 6.07) is 10.5. The first-order valence-electron chi connectivity index (χ1n) is 5.14. The Hall–Kier alpha value is -1.48. The fourth-order valence-corrected chi connectivity index (χ4v) is 2.53. The molecule has 1 heterocycles. The molecule has 16 heavy (non-hydrogen) atoms. The van der Waals surface area contributed by atoms with Crippen LogP contribution in [0.15, 0.2) is 40.2 Å². The van der Waals surface area contributed by atoms with E-state index in [1.807, 2.05) is 0 Å². The van der Waals surface area contributed by atoms with E-state index >= 15 is 0 Å². The summed E-state index contributed by atoms with van der Waals surface area (Å²) in [5.41, 5.74) is 0.928. The molecule has 0 fully saturated rings. The summed E-state index contributed by atoms with van der Waals surface area (Å²) >= 11 is 1.75. The predicted octanol–water partition coefficient (Wildman–Crippen LogP) is 3.66. The van der Waals surface area contributed by atoms with Crippen molar-refractivity contribution in [1.29, 1.82) is 0 Å². The number of fused-ring (bicyclic) bond motifs is 2. The zero-order valence-corrected chi connectivity index (χ0v) is 9.75. The van der Waals surface area contributed by atoms with Crippen molar-refractivity contribution >= 4 is 34.4 Å². The van der Waals surface area contributed by atoms with Gasteiger partial charge in [-0.2, -0.15) is 0 Å². The third-order valence-electron chi connectivity index (χ3n) is 2.68. The molecule has 0 spiro atoms. The van der Waals surface area contributed by atoms with Gasteiger partial charge in [-0.1, -0.05) is 12.1 Å². The molecule has 0 aromatic heterocycles. The number of nitrogens with zero attached hydrogens (tertiary/aromatic N) is 1. The lowest BCUT2D eigenvalue weighted by Crippen LogP contribution is -2.02. The number of aliphatic imine (C=N–C) groups is 1. The number of ether oxygens (including phenoxy) is 1. The van der Waals surface area contributed by atoms with E-state index in [1.165, 1.54) is 15.7 Å². The van der Waals surface area contributed by atoms with Gasteiger partial charge in [0.1, 0.15) is 18.0 Å². The lowest BCUT2D eigenvalue weighted by atomic mass is 10.1. The second kappa shape index (κ2) is 3.83. The molecular weight excluding hydrogens is 218 g/mol. The largest absolute Gasteiger partial charge is 0.486 e. The van der Waals surface area contributed by atoms with E-state index in [1.54, 1.807) is 18.0 Å². The Balaban J connectivity index is 2.32. The van der Waals surface area contributed by atoms with E-state index in [4.69, 9.17) is 4.74 Å². The van der Waals surface area contributed by atoms with Crippen molar-refractivity contribution in [2.24, 2.45) is 4.99 Å². The summed E-state index contributed by atoms with van der Waals surface area (Å²) in [5, 5.41) is 2.46. The van der Waals surface area contributed by atoms with Crippen LogP contribution in [0.4, 0.5) is 5.69 Å². The molecule has 2 aromatic carbocycles. The topological polar surface area (TPSA) is 21.6 Å². The van der Waals surface area contributed by atoms with Crippen LogP contribution < -0.4 is 4.74 Å². The van der Waals surface area contributed by atoms with E-state index in [0.717, 1.165) is 11.4 Å². The van der Waals surface area contributed by atoms with Crippen LogP contribution in [0, 0.1) is 0 Å². The van der Waals surface area contributed by atoms with Gasteiger partial charge in [0.2, 0.25) is 0 Å². The molecule has 1 aliphatic heterocycles. The highest BCUT2D eigenvalue weighted by Crippen LogP contribution is 2.37. The highest BCUT2D eigenvalue weighted by atomic mass is 32.2. The molecule has 3 heteroatoms. The number of rotatable bonds is 1. The second-order valence-corrected chi connectivity index (χ2v) is 4.47. The predicted molar refractivity (Wildman–Crippen MR) is 69.4 cm³/mol. The molecule has 3 rings (SSSR count). The number of hydrogen-bond donors (Lipinski definition) is 0. The fourth-order valence-electron chi connectivity index (χ4n) is 1.92. The van der Waals surface area contributed by atoms with Crippen LogP contribution in [-0.4, -0.2) is 19.1 Å². The van der Waals surface area contributed by atoms with Gasteiger partial charge >= 0.3 is 0 Å². The van der Waals surface area contributed by atoms with Crippen molar-refractivity contribution in [1.82, 2.24) is 0 Å². The van der Waals surface area contributed by atoms with E-state index in [9.17, 15) is 0 Å². The third kappa shape index (κ3) is 1.48. The molecule has 0 N–H and O–H groups in total. The summed E-state index contributed by atoms with van der Waals surface area (Å²) in [6.07, 6.45) is 3.89. The van der Waals surface area contributed by atoms with Gasteiger partial charge in [-0.05, 0) is 35.2 Å². The molecule has 0 aliphatic carbocycles. The van der Waals surface area contributed by atoms with Crippen molar-refractivity contribution in [3.05, 3.63) is 30.3 Å². The summed E-state index contributed by atoms with van der Waals surface area (Å²) in [4.78, 5) is 5.62. The smallest absolute Gasteiger partial charge is 0.146 e. The maximum Gasteiger partial charge on any atom is 0.146 e. The van der Waals surface area contributed by atoms with Crippen LogP contribution in [0.25, 0.3) is 10.8 Å². The molecule has 1 aliphatic rings. The van der Waals surface area contributed by atoms with Gasteiger partial charge in [0, 0.05) is 11.1 Å². The summed E-state index contributed by atoms with van der Waals surface area (Å²) in [6.45, 7) is 0.569. The van der Waals surface area contributed by atoms with E-state index in [-0.39, 0.29) is 0 Å². The molecule has 0 saturated heterocycles. The average molecular weight is 229 g/mol. The van der Waals surface area contributed by atoms with Gasteiger partial charge in [0.25, 0.3) is 0 Å². The number of thioether (sulfide) groups is 1. The van der Waals surface area contributed by atoms with Crippen LogP contribution in [0.1, 0.15) is 0 Å². The Bertz CT molecular complexity index is 577. The van der Waals surface area contributed by atoms with Gasteiger partial charge in [0.15, 0.2) is 0 Å². The van der Waals surface area contributed by atoms with Crippen molar-refractivity contribution < 1.29 is 4.74 Å². The van der Waals surface area contributed by atoms with Crippen molar-refractivity contribution in [3.63, 3.8) is 0 Å². The highest BCUT2D eigenvalue weighted by molar-refractivity contribution is 7.98. The molecule has 0 saturated carbocycles. The minimum absolute atomic E-state index is 0.569. The zero-order chi connectivity index (χ0) is 11.0. The SMILES string of the molecule is CSc1cccc2cc3c(cc12)OCC=N3. The minimum Gasteiger partial charge on any atom is -0.486 e. The van der Waals surface area contributed by atoms with Crippen LogP contribution in [0.5, 0.6) is 5.75 Å². The first-order valence-corrected chi connectivity index (χ1v) is 6.37. The monoisotopic (exact) mass is 229 g/mol. The lowest BCUT2D eigenvalue weighted by molar-refractivity contribution is 0.377. The quantitative estimate of drug-likeness (QED) is 0.696. The Kier molecular flexibility index (Phi) is 2.33. The van der Waals surface area contributed by atoms with Crippen LogP contribution >= 0.6 is 11.8 Å². The van der Waals surface area contributed by atoms with Gasteiger partial charge < -0.3 is 4.74 Å². The van der Waals surface area contributed by atoms with Gasteiger partial charge in [-0.15, -0.1) is 11.8 Å². The fraction of sp³-hybridized carbons (Fsp3) is 0.154. The summed E-state index contributed by atoms with van der Waals surface area (Å²) < 4.78 is 5.57. The van der Waals surface area contributed by atoms with Crippen molar-refractivity contribution in [2.45, 2.75) is 4.90 Å².